The van der Waals surface area contributed by atoms with Crippen LogP contribution in [-0.2, 0) is 18.9 Å². The van der Waals surface area contributed by atoms with Gasteiger partial charge in [0.2, 0.25) is 0 Å². The molecule has 0 aliphatic heterocycles. The standard InChI is InChI=1S/C15H33NO4/c1-5-17-8-9-19-12-13-20-11-10-18-7-6-16-14-15(2,3)4/h16H,5-14H2,1-4H3. The molecule has 20 heavy (non-hydrogen) atoms. The molecule has 0 heterocycles. The highest BCUT2D eigenvalue weighted by Crippen LogP contribution is 2.09. The molecule has 0 aromatic heterocycles. The molecule has 1 N–H and O–H groups in total. The molecule has 0 saturated heterocycles. The lowest BCUT2D eigenvalue weighted by atomic mass is 9.97. The Morgan fingerprint density at radius 3 is 1.60 bits per heavy atom. The van der Waals surface area contributed by atoms with Crippen LogP contribution in [0.1, 0.15) is 27.7 Å². The normalized spacial score (nSPS) is 12.0. The molecular weight excluding hydrogens is 258 g/mol. The van der Waals surface area contributed by atoms with Crippen molar-refractivity contribution in [2.24, 2.45) is 5.41 Å². The van der Waals surface area contributed by atoms with Crippen LogP contribution in [0.3, 0.4) is 0 Å². The molecule has 0 rings (SSSR count). The molecule has 122 valence electrons. The Balaban J connectivity index is 2.99. The van der Waals surface area contributed by atoms with Gasteiger partial charge in [-0.2, -0.15) is 0 Å². The van der Waals surface area contributed by atoms with Gasteiger partial charge in [0.25, 0.3) is 0 Å². The Hall–Kier alpha value is -0.200. The molecule has 0 amide bonds. The van der Waals surface area contributed by atoms with Gasteiger partial charge in [0.15, 0.2) is 0 Å². The maximum atomic E-state index is 5.46. The molecule has 0 aromatic carbocycles. The molecule has 0 unspecified atom stereocenters. The van der Waals surface area contributed by atoms with Gasteiger partial charge in [-0.3, -0.25) is 0 Å². The lowest BCUT2D eigenvalue weighted by Crippen LogP contribution is -2.29. The van der Waals surface area contributed by atoms with E-state index in [0.717, 1.165) is 26.3 Å². The van der Waals surface area contributed by atoms with E-state index in [2.05, 4.69) is 26.1 Å². The van der Waals surface area contributed by atoms with Crippen molar-refractivity contribution in [2.45, 2.75) is 27.7 Å². The quantitative estimate of drug-likeness (QED) is 0.494. The summed E-state index contributed by atoms with van der Waals surface area (Å²) in [4.78, 5) is 0. The van der Waals surface area contributed by atoms with Gasteiger partial charge in [0, 0.05) is 19.7 Å². The molecule has 0 spiro atoms. The van der Waals surface area contributed by atoms with Gasteiger partial charge in [-0.15, -0.1) is 0 Å². The van der Waals surface area contributed by atoms with E-state index < -0.39 is 0 Å². The van der Waals surface area contributed by atoms with Crippen LogP contribution in [-0.4, -0.2) is 65.9 Å². The van der Waals surface area contributed by atoms with Crippen LogP contribution >= 0.6 is 0 Å². The van der Waals surface area contributed by atoms with E-state index in [4.69, 9.17) is 18.9 Å². The Kier molecular flexibility index (Phi) is 13.6. The van der Waals surface area contributed by atoms with E-state index in [0.29, 0.717) is 45.1 Å². The second-order valence-corrected chi connectivity index (χ2v) is 5.77. The molecular formula is C15H33NO4. The van der Waals surface area contributed by atoms with E-state index in [1.165, 1.54) is 0 Å². The second-order valence-electron chi connectivity index (χ2n) is 5.77. The minimum absolute atomic E-state index is 0.325. The highest BCUT2D eigenvalue weighted by Gasteiger charge is 2.07. The number of hydrogen-bond donors (Lipinski definition) is 1. The lowest BCUT2D eigenvalue weighted by molar-refractivity contribution is -0.000191. The number of nitrogens with one attached hydrogen (secondary N) is 1. The first-order chi connectivity index (χ1) is 9.56. The molecule has 5 heteroatoms. The topological polar surface area (TPSA) is 49.0 Å². The lowest BCUT2D eigenvalue weighted by Gasteiger charge is -2.18. The summed E-state index contributed by atoms with van der Waals surface area (Å²) in [6, 6.07) is 0. The van der Waals surface area contributed by atoms with Gasteiger partial charge in [-0.05, 0) is 12.3 Å². The van der Waals surface area contributed by atoms with E-state index >= 15 is 0 Å². The zero-order valence-corrected chi connectivity index (χ0v) is 13.7. The molecule has 0 aliphatic carbocycles. The third kappa shape index (κ3) is 17.8. The van der Waals surface area contributed by atoms with E-state index in [-0.39, 0.29) is 0 Å². The Bertz CT molecular complexity index is 195. The average molecular weight is 291 g/mol. The Labute approximate surface area is 124 Å². The summed E-state index contributed by atoms with van der Waals surface area (Å²) in [5.74, 6) is 0. The van der Waals surface area contributed by atoms with Crippen LogP contribution in [0.4, 0.5) is 0 Å². The summed E-state index contributed by atoms with van der Waals surface area (Å²) in [5, 5.41) is 3.36. The van der Waals surface area contributed by atoms with Gasteiger partial charge in [-0.1, -0.05) is 20.8 Å². The first-order valence-electron chi connectivity index (χ1n) is 7.58. The Morgan fingerprint density at radius 1 is 0.700 bits per heavy atom. The van der Waals surface area contributed by atoms with Crippen LogP contribution < -0.4 is 5.32 Å². The van der Waals surface area contributed by atoms with Crippen molar-refractivity contribution in [3.05, 3.63) is 0 Å². The monoisotopic (exact) mass is 291 g/mol. The molecule has 0 aromatic rings. The van der Waals surface area contributed by atoms with Crippen molar-refractivity contribution < 1.29 is 18.9 Å². The van der Waals surface area contributed by atoms with Crippen LogP contribution in [0.2, 0.25) is 0 Å². The number of rotatable bonds is 14. The average Bonchev–Trinajstić information content (AvgIpc) is 2.38. The molecule has 0 atom stereocenters. The van der Waals surface area contributed by atoms with Crippen molar-refractivity contribution in [2.75, 3.05) is 65.9 Å². The maximum Gasteiger partial charge on any atom is 0.0701 e. The van der Waals surface area contributed by atoms with Crippen LogP contribution in [0.5, 0.6) is 0 Å². The third-order valence-corrected chi connectivity index (χ3v) is 2.40. The minimum atomic E-state index is 0.325. The zero-order chi connectivity index (χ0) is 15.1. The van der Waals surface area contributed by atoms with Crippen molar-refractivity contribution in [3.8, 4) is 0 Å². The number of hydrogen-bond acceptors (Lipinski definition) is 5. The van der Waals surface area contributed by atoms with Crippen LogP contribution in [0.25, 0.3) is 0 Å². The maximum absolute atomic E-state index is 5.46. The van der Waals surface area contributed by atoms with Crippen molar-refractivity contribution in [1.29, 1.82) is 0 Å². The van der Waals surface area contributed by atoms with Crippen molar-refractivity contribution in [3.63, 3.8) is 0 Å². The van der Waals surface area contributed by atoms with Gasteiger partial charge >= 0.3 is 0 Å². The van der Waals surface area contributed by atoms with Gasteiger partial charge < -0.3 is 24.3 Å². The molecule has 0 aliphatic rings. The summed E-state index contributed by atoms with van der Waals surface area (Å²) in [7, 11) is 0. The number of ether oxygens (including phenoxy) is 4. The molecule has 0 fully saturated rings. The molecule has 0 bridgehead atoms. The van der Waals surface area contributed by atoms with E-state index in [9.17, 15) is 0 Å². The van der Waals surface area contributed by atoms with E-state index in [1.54, 1.807) is 0 Å². The fourth-order valence-electron chi connectivity index (χ4n) is 1.41. The second kappa shape index (κ2) is 13.8. The van der Waals surface area contributed by atoms with Crippen LogP contribution in [0.15, 0.2) is 0 Å². The summed E-state index contributed by atoms with van der Waals surface area (Å²) in [5.41, 5.74) is 0.325. The minimum Gasteiger partial charge on any atom is -0.379 e. The highest BCUT2D eigenvalue weighted by molar-refractivity contribution is 4.64. The summed E-state index contributed by atoms with van der Waals surface area (Å²) >= 11 is 0. The first-order valence-corrected chi connectivity index (χ1v) is 7.58. The van der Waals surface area contributed by atoms with Crippen LogP contribution in [0, 0.1) is 5.41 Å². The van der Waals surface area contributed by atoms with Crippen molar-refractivity contribution >= 4 is 0 Å². The highest BCUT2D eigenvalue weighted by atomic mass is 16.6. The predicted octanol–water partition coefficient (Wildman–Crippen LogP) is 1.71. The van der Waals surface area contributed by atoms with E-state index in [1.807, 2.05) is 6.92 Å². The Morgan fingerprint density at radius 2 is 1.15 bits per heavy atom. The summed E-state index contributed by atoms with van der Waals surface area (Å²) in [6.07, 6.45) is 0. The molecule has 0 saturated carbocycles. The van der Waals surface area contributed by atoms with Gasteiger partial charge in [0.05, 0.1) is 46.2 Å². The fourth-order valence-corrected chi connectivity index (χ4v) is 1.41. The van der Waals surface area contributed by atoms with Gasteiger partial charge in [0.1, 0.15) is 0 Å². The molecule has 0 radical (unpaired) electrons. The fraction of sp³-hybridized carbons (Fsp3) is 1.00. The summed E-state index contributed by atoms with van der Waals surface area (Å²) in [6.45, 7) is 15.7. The van der Waals surface area contributed by atoms with Crippen molar-refractivity contribution in [1.82, 2.24) is 5.32 Å². The molecule has 5 nitrogen and oxygen atoms in total. The van der Waals surface area contributed by atoms with Gasteiger partial charge in [-0.25, -0.2) is 0 Å². The predicted molar refractivity (Wildman–Crippen MR) is 81.3 cm³/mol. The summed E-state index contributed by atoms with van der Waals surface area (Å²) < 4.78 is 21.3. The first kappa shape index (κ1) is 19.8. The largest absolute Gasteiger partial charge is 0.379 e. The third-order valence-electron chi connectivity index (χ3n) is 2.40. The zero-order valence-electron chi connectivity index (χ0n) is 13.7. The smallest absolute Gasteiger partial charge is 0.0701 e. The SMILES string of the molecule is CCOCCOCCOCCOCCNCC(C)(C)C.